The van der Waals surface area contributed by atoms with E-state index in [1.165, 1.54) is 6.92 Å². The third-order valence-corrected chi connectivity index (χ3v) is 5.34. The molecule has 1 amide bonds. The van der Waals surface area contributed by atoms with Crippen molar-refractivity contribution < 1.29 is 23.1 Å². The standard InChI is InChI=1S/C9H14N4O5S2/c1-3-13(5-4-7(15)16)20(17,18)9-12-11-8(19-9)10-6(2)14/h3-5H2,1-2H3,(H,15,16)(H,10,11,14). The second-order valence-corrected chi connectivity index (χ2v) is 6.78. The van der Waals surface area contributed by atoms with E-state index in [2.05, 4.69) is 15.5 Å². The minimum absolute atomic E-state index is 0.0744. The van der Waals surface area contributed by atoms with E-state index in [1.807, 2.05) is 0 Å². The van der Waals surface area contributed by atoms with Crippen molar-refractivity contribution in [2.45, 2.75) is 24.6 Å². The number of sulfonamides is 1. The lowest BCUT2D eigenvalue weighted by Crippen LogP contribution is -2.32. The molecule has 11 heteroatoms. The molecule has 1 heterocycles. The van der Waals surface area contributed by atoms with Crippen LogP contribution < -0.4 is 5.32 Å². The largest absolute Gasteiger partial charge is 0.481 e. The molecule has 0 spiro atoms. The molecule has 20 heavy (non-hydrogen) atoms. The highest BCUT2D eigenvalue weighted by atomic mass is 32.2. The average molecular weight is 322 g/mol. The maximum atomic E-state index is 12.2. The van der Waals surface area contributed by atoms with Gasteiger partial charge in [0.05, 0.1) is 6.42 Å². The summed E-state index contributed by atoms with van der Waals surface area (Å²) >= 11 is 0.715. The van der Waals surface area contributed by atoms with E-state index in [4.69, 9.17) is 5.11 Å². The molecular weight excluding hydrogens is 308 g/mol. The van der Waals surface area contributed by atoms with Gasteiger partial charge in [-0.15, -0.1) is 10.2 Å². The molecule has 112 valence electrons. The number of hydrogen-bond acceptors (Lipinski definition) is 7. The predicted octanol–water partition coefficient (Wildman–Crippen LogP) is -0.0182. The monoisotopic (exact) mass is 322 g/mol. The van der Waals surface area contributed by atoms with Crippen molar-refractivity contribution in [3.63, 3.8) is 0 Å². The maximum absolute atomic E-state index is 12.2. The number of aliphatic carboxylic acids is 1. The Morgan fingerprint density at radius 1 is 1.40 bits per heavy atom. The van der Waals surface area contributed by atoms with Gasteiger partial charge in [0.15, 0.2) is 0 Å². The molecule has 1 rings (SSSR count). The van der Waals surface area contributed by atoms with Gasteiger partial charge in [0.25, 0.3) is 10.0 Å². The van der Waals surface area contributed by atoms with Crippen LogP contribution in [-0.2, 0) is 19.6 Å². The van der Waals surface area contributed by atoms with Gasteiger partial charge in [-0.1, -0.05) is 18.3 Å². The number of hydrogen-bond donors (Lipinski definition) is 2. The maximum Gasteiger partial charge on any atom is 0.304 e. The number of aromatic nitrogens is 2. The highest BCUT2D eigenvalue weighted by Crippen LogP contribution is 2.23. The number of anilines is 1. The molecule has 0 unspecified atom stereocenters. The van der Waals surface area contributed by atoms with Gasteiger partial charge in [-0.3, -0.25) is 9.59 Å². The molecule has 2 N–H and O–H groups in total. The minimum Gasteiger partial charge on any atom is -0.481 e. The van der Waals surface area contributed by atoms with Crippen molar-refractivity contribution in [2.24, 2.45) is 0 Å². The quantitative estimate of drug-likeness (QED) is 0.675. The Balaban J connectivity index is 2.92. The number of nitrogens with one attached hydrogen (secondary N) is 1. The Bertz CT molecular complexity index is 597. The Hall–Kier alpha value is -1.59. The number of carboxylic acid groups (broad SMARTS) is 1. The van der Waals surface area contributed by atoms with Crippen LogP contribution in [0.15, 0.2) is 4.34 Å². The van der Waals surface area contributed by atoms with Crippen LogP contribution >= 0.6 is 11.3 Å². The van der Waals surface area contributed by atoms with Crippen molar-refractivity contribution in [2.75, 3.05) is 18.4 Å². The van der Waals surface area contributed by atoms with Crippen molar-refractivity contribution in [3.05, 3.63) is 0 Å². The zero-order valence-corrected chi connectivity index (χ0v) is 12.5. The summed E-state index contributed by atoms with van der Waals surface area (Å²) in [7, 11) is -3.90. The summed E-state index contributed by atoms with van der Waals surface area (Å²) in [5.74, 6) is -1.47. The Labute approximate surface area is 119 Å². The molecule has 0 aliphatic heterocycles. The van der Waals surface area contributed by atoms with Gasteiger partial charge in [-0.25, -0.2) is 8.42 Å². The van der Waals surface area contributed by atoms with Gasteiger partial charge in [0.1, 0.15) is 0 Å². The lowest BCUT2D eigenvalue weighted by Gasteiger charge is -2.17. The summed E-state index contributed by atoms with van der Waals surface area (Å²) in [5, 5.41) is 18.1. The van der Waals surface area contributed by atoms with E-state index in [-0.39, 0.29) is 34.9 Å². The Morgan fingerprint density at radius 3 is 2.55 bits per heavy atom. The molecule has 0 aliphatic carbocycles. The van der Waals surface area contributed by atoms with Gasteiger partial charge >= 0.3 is 5.97 Å². The lowest BCUT2D eigenvalue weighted by molar-refractivity contribution is -0.137. The zero-order chi connectivity index (χ0) is 15.3. The molecule has 0 atom stereocenters. The topological polar surface area (TPSA) is 130 Å². The molecule has 0 saturated carbocycles. The molecule has 1 aromatic rings. The first-order chi connectivity index (χ1) is 9.27. The van der Waals surface area contributed by atoms with Crippen LogP contribution in [0.3, 0.4) is 0 Å². The van der Waals surface area contributed by atoms with Crippen LogP contribution in [0.2, 0.25) is 0 Å². The predicted molar refractivity (Wildman–Crippen MR) is 70.9 cm³/mol. The first-order valence-corrected chi connectivity index (χ1v) is 7.86. The third-order valence-electron chi connectivity index (χ3n) is 2.18. The van der Waals surface area contributed by atoms with Crippen LogP contribution in [0.25, 0.3) is 0 Å². The van der Waals surface area contributed by atoms with Crippen LogP contribution in [0.4, 0.5) is 5.13 Å². The number of carbonyl (C=O) groups is 2. The normalized spacial score (nSPS) is 11.6. The number of rotatable bonds is 7. The summed E-state index contributed by atoms with van der Waals surface area (Å²) in [6.45, 7) is 2.82. The fourth-order valence-electron chi connectivity index (χ4n) is 1.29. The van der Waals surface area contributed by atoms with Crippen LogP contribution in [0.5, 0.6) is 0 Å². The third kappa shape index (κ3) is 4.21. The lowest BCUT2D eigenvalue weighted by atomic mass is 10.4. The summed E-state index contributed by atoms with van der Waals surface area (Å²) < 4.78 is 25.1. The van der Waals surface area contributed by atoms with Gasteiger partial charge in [0.2, 0.25) is 15.4 Å². The molecule has 1 aromatic heterocycles. The average Bonchev–Trinajstić information content (AvgIpc) is 2.77. The van der Waals surface area contributed by atoms with Crippen LogP contribution in [0, 0.1) is 0 Å². The summed E-state index contributed by atoms with van der Waals surface area (Å²) in [4.78, 5) is 21.4. The minimum atomic E-state index is -3.90. The zero-order valence-electron chi connectivity index (χ0n) is 10.9. The van der Waals surface area contributed by atoms with Gasteiger partial charge < -0.3 is 10.4 Å². The van der Waals surface area contributed by atoms with E-state index in [1.54, 1.807) is 6.92 Å². The van der Waals surface area contributed by atoms with Gasteiger partial charge in [0, 0.05) is 20.0 Å². The summed E-state index contributed by atoms with van der Waals surface area (Å²) in [5.41, 5.74) is 0. The van der Waals surface area contributed by atoms with Crippen LogP contribution in [0.1, 0.15) is 20.3 Å². The highest BCUT2D eigenvalue weighted by Gasteiger charge is 2.27. The van der Waals surface area contributed by atoms with E-state index in [9.17, 15) is 18.0 Å². The van der Waals surface area contributed by atoms with Gasteiger partial charge in [-0.2, -0.15) is 4.31 Å². The second kappa shape index (κ2) is 6.72. The molecule has 0 saturated heterocycles. The summed E-state index contributed by atoms with van der Waals surface area (Å²) in [6.07, 6.45) is -0.301. The highest BCUT2D eigenvalue weighted by molar-refractivity contribution is 7.91. The Kier molecular flexibility index (Phi) is 5.53. The van der Waals surface area contributed by atoms with Gasteiger partial charge in [-0.05, 0) is 0 Å². The fraction of sp³-hybridized carbons (Fsp3) is 0.556. The molecular formula is C9H14N4O5S2. The number of carbonyl (C=O) groups excluding carboxylic acids is 1. The molecule has 0 radical (unpaired) electrons. The molecule has 0 aromatic carbocycles. The fourth-order valence-corrected chi connectivity index (χ4v) is 3.83. The first kappa shape index (κ1) is 16.5. The number of nitrogens with zero attached hydrogens (tertiary/aromatic N) is 3. The van der Waals surface area contributed by atoms with Crippen molar-refractivity contribution >= 4 is 38.4 Å². The molecule has 0 bridgehead atoms. The van der Waals surface area contributed by atoms with E-state index < -0.39 is 16.0 Å². The number of carboxylic acids is 1. The second-order valence-electron chi connectivity index (χ2n) is 3.69. The SMILES string of the molecule is CCN(CCC(=O)O)S(=O)(=O)c1nnc(NC(C)=O)s1. The summed E-state index contributed by atoms with van der Waals surface area (Å²) in [6, 6.07) is 0. The van der Waals surface area contributed by atoms with Crippen molar-refractivity contribution in [3.8, 4) is 0 Å². The van der Waals surface area contributed by atoms with Crippen LogP contribution in [-0.4, -0.2) is 53.0 Å². The van der Waals surface area contributed by atoms with E-state index in [0.717, 1.165) is 4.31 Å². The first-order valence-electron chi connectivity index (χ1n) is 5.60. The smallest absolute Gasteiger partial charge is 0.304 e. The van der Waals surface area contributed by atoms with E-state index >= 15 is 0 Å². The molecule has 9 nitrogen and oxygen atoms in total. The van der Waals surface area contributed by atoms with E-state index in [0.29, 0.717) is 11.3 Å². The molecule has 0 aliphatic rings. The number of amides is 1. The Morgan fingerprint density at radius 2 is 2.05 bits per heavy atom. The van der Waals surface area contributed by atoms with Crippen molar-refractivity contribution in [1.29, 1.82) is 0 Å². The molecule has 0 fully saturated rings. The van der Waals surface area contributed by atoms with Crippen molar-refractivity contribution in [1.82, 2.24) is 14.5 Å².